The predicted molar refractivity (Wildman–Crippen MR) is 122 cm³/mol. The molecular weight excluding hydrogens is 390 g/mol. The Labute approximate surface area is 182 Å². The minimum Gasteiger partial charge on any atom is -0.393 e. The molecule has 4 rings (SSSR count). The second kappa shape index (κ2) is 9.43. The van der Waals surface area contributed by atoms with Crippen LogP contribution in [-0.4, -0.2) is 47.8 Å². The van der Waals surface area contributed by atoms with Gasteiger partial charge in [0.15, 0.2) is 0 Å². The Morgan fingerprint density at radius 2 is 2.00 bits per heavy atom. The molecule has 3 aromatic rings. The largest absolute Gasteiger partial charge is 0.393 e. The molecule has 3 N–H and O–H groups in total. The molecule has 1 saturated carbocycles. The molecular formula is C23H31N7O. The van der Waals surface area contributed by atoms with Gasteiger partial charge in [-0.15, -0.1) is 0 Å². The van der Waals surface area contributed by atoms with Crippen molar-refractivity contribution in [1.29, 1.82) is 5.41 Å². The zero-order valence-electron chi connectivity index (χ0n) is 18.2. The summed E-state index contributed by atoms with van der Waals surface area (Å²) in [5, 5.41) is 30.1. The molecule has 0 aliphatic heterocycles. The maximum absolute atomic E-state index is 9.71. The first-order valence-electron chi connectivity index (χ1n) is 11.2. The van der Waals surface area contributed by atoms with Crippen LogP contribution in [0, 0.1) is 5.41 Å². The number of hydrogen-bond donors (Lipinski definition) is 3. The standard InChI is InChI=1S/C23H31N7O/c1-3-19(4-2)29-14-17(13-27-29)23-22-9-10-26-30(22)15-21(28-23)16(11-24)12-25-18-5-7-20(31)8-6-18/h9-15,18-20,24-25,31H,3-8H2,1-2H3/b16-12+,24-11?. The van der Waals surface area contributed by atoms with Gasteiger partial charge in [0.25, 0.3) is 0 Å². The van der Waals surface area contributed by atoms with Crippen molar-refractivity contribution in [1.82, 2.24) is 29.7 Å². The minimum absolute atomic E-state index is 0.184. The zero-order valence-corrected chi connectivity index (χ0v) is 18.2. The monoisotopic (exact) mass is 421 g/mol. The van der Waals surface area contributed by atoms with Crippen LogP contribution in [0.4, 0.5) is 0 Å². The highest BCUT2D eigenvalue weighted by atomic mass is 16.3. The van der Waals surface area contributed by atoms with Crippen molar-refractivity contribution in [3.63, 3.8) is 0 Å². The second-order valence-electron chi connectivity index (χ2n) is 8.23. The lowest BCUT2D eigenvalue weighted by molar-refractivity contribution is 0.119. The van der Waals surface area contributed by atoms with Gasteiger partial charge < -0.3 is 15.8 Å². The fourth-order valence-corrected chi connectivity index (χ4v) is 4.24. The summed E-state index contributed by atoms with van der Waals surface area (Å²) in [5.74, 6) is 0. The van der Waals surface area contributed by atoms with Crippen LogP contribution in [0.15, 0.2) is 37.1 Å². The lowest BCUT2D eigenvalue weighted by Gasteiger charge is -2.25. The van der Waals surface area contributed by atoms with Gasteiger partial charge in [0.1, 0.15) is 0 Å². The number of aliphatic hydroxyl groups is 1. The average Bonchev–Trinajstić information content (AvgIpc) is 3.46. The molecule has 8 nitrogen and oxygen atoms in total. The Morgan fingerprint density at radius 1 is 1.23 bits per heavy atom. The van der Waals surface area contributed by atoms with Gasteiger partial charge in [-0.05, 0) is 44.6 Å². The van der Waals surface area contributed by atoms with Crippen LogP contribution in [0.5, 0.6) is 0 Å². The van der Waals surface area contributed by atoms with Gasteiger partial charge in [-0.25, -0.2) is 9.50 Å². The molecule has 0 spiro atoms. The number of nitrogens with zero attached hydrogens (tertiary/aromatic N) is 5. The van der Waals surface area contributed by atoms with Crippen molar-refractivity contribution in [2.45, 2.75) is 70.6 Å². The van der Waals surface area contributed by atoms with Gasteiger partial charge in [-0.3, -0.25) is 4.68 Å². The molecule has 0 atom stereocenters. The fraction of sp³-hybridized carbons (Fsp3) is 0.478. The number of hydrogen-bond acceptors (Lipinski definition) is 6. The molecule has 8 heteroatoms. The third-order valence-corrected chi connectivity index (χ3v) is 6.20. The molecule has 164 valence electrons. The van der Waals surface area contributed by atoms with Crippen LogP contribution in [0.1, 0.15) is 64.1 Å². The molecule has 31 heavy (non-hydrogen) atoms. The first-order valence-corrected chi connectivity index (χ1v) is 11.2. The molecule has 0 unspecified atom stereocenters. The summed E-state index contributed by atoms with van der Waals surface area (Å²) < 4.78 is 3.82. The van der Waals surface area contributed by atoms with E-state index in [1.165, 1.54) is 6.21 Å². The van der Waals surface area contributed by atoms with Crippen LogP contribution in [-0.2, 0) is 0 Å². The van der Waals surface area contributed by atoms with E-state index in [0.717, 1.165) is 55.3 Å². The number of rotatable bonds is 8. The van der Waals surface area contributed by atoms with E-state index in [-0.39, 0.29) is 6.10 Å². The summed E-state index contributed by atoms with van der Waals surface area (Å²) in [4.78, 5) is 4.90. The molecule has 1 aliphatic rings. The molecule has 0 aromatic carbocycles. The van der Waals surface area contributed by atoms with Gasteiger partial charge in [-0.2, -0.15) is 10.2 Å². The smallest absolute Gasteiger partial charge is 0.0999 e. The Balaban J connectivity index is 1.66. The minimum atomic E-state index is -0.184. The van der Waals surface area contributed by atoms with E-state index < -0.39 is 0 Å². The molecule has 0 radical (unpaired) electrons. The quantitative estimate of drug-likeness (QED) is 0.480. The molecule has 3 heterocycles. The Kier molecular flexibility index (Phi) is 6.46. The summed E-state index contributed by atoms with van der Waals surface area (Å²) >= 11 is 0. The lowest BCUT2D eigenvalue weighted by atomic mass is 9.93. The summed E-state index contributed by atoms with van der Waals surface area (Å²) in [6, 6.07) is 2.62. The lowest BCUT2D eigenvalue weighted by Crippen LogP contribution is -2.31. The maximum Gasteiger partial charge on any atom is 0.0999 e. The normalized spacial score (nSPS) is 19.8. The third-order valence-electron chi connectivity index (χ3n) is 6.20. The maximum atomic E-state index is 9.71. The van der Waals surface area contributed by atoms with E-state index in [0.29, 0.717) is 23.4 Å². The van der Waals surface area contributed by atoms with Crippen molar-refractivity contribution < 1.29 is 5.11 Å². The van der Waals surface area contributed by atoms with E-state index in [2.05, 4.69) is 35.6 Å². The highest BCUT2D eigenvalue weighted by Gasteiger charge is 2.19. The van der Waals surface area contributed by atoms with Crippen molar-refractivity contribution in [3.05, 3.63) is 42.7 Å². The first-order chi connectivity index (χ1) is 15.1. The fourth-order valence-electron chi connectivity index (χ4n) is 4.24. The van der Waals surface area contributed by atoms with Gasteiger partial charge >= 0.3 is 0 Å². The topological polar surface area (TPSA) is 104 Å². The van der Waals surface area contributed by atoms with Crippen LogP contribution in [0.2, 0.25) is 0 Å². The van der Waals surface area contributed by atoms with Gasteiger partial charge in [0.2, 0.25) is 0 Å². The van der Waals surface area contributed by atoms with Crippen molar-refractivity contribution >= 4 is 17.3 Å². The number of nitrogens with one attached hydrogen (secondary N) is 2. The van der Waals surface area contributed by atoms with E-state index >= 15 is 0 Å². The van der Waals surface area contributed by atoms with Gasteiger partial charge in [0.05, 0.1) is 47.6 Å². The Hall–Kier alpha value is -3.00. The summed E-state index contributed by atoms with van der Waals surface area (Å²) in [6.45, 7) is 4.34. The van der Waals surface area contributed by atoms with Crippen LogP contribution in [0.3, 0.4) is 0 Å². The Bertz CT molecular complexity index is 1060. The van der Waals surface area contributed by atoms with Gasteiger partial charge in [-0.1, -0.05) is 13.8 Å². The average molecular weight is 422 g/mol. The number of fused-ring (bicyclic) bond motifs is 1. The molecule has 0 saturated heterocycles. The van der Waals surface area contributed by atoms with Crippen LogP contribution in [0.25, 0.3) is 22.3 Å². The van der Waals surface area contributed by atoms with E-state index in [9.17, 15) is 5.11 Å². The van der Waals surface area contributed by atoms with Crippen molar-refractivity contribution in [2.75, 3.05) is 0 Å². The SMILES string of the molecule is CCC(CC)n1cc(-c2nc(/C(C=N)=C/NC3CCC(O)CC3)cn3nccc23)cn1. The third kappa shape index (κ3) is 4.54. The van der Waals surface area contributed by atoms with Gasteiger partial charge in [0, 0.05) is 35.8 Å². The molecule has 0 bridgehead atoms. The molecule has 1 fully saturated rings. The highest BCUT2D eigenvalue weighted by Crippen LogP contribution is 2.26. The van der Waals surface area contributed by atoms with E-state index in [1.807, 2.05) is 29.3 Å². The summed E-state index contributed by atoms with van der Waals surface area (Å²) in [5.41, 5.74) is 4.03. The second-order valence-corrected chi connectivity index (χ2v) is 8.23. The van der Waals surface area contributed by atoms with E-state index in [4.69, 9.17) is 10.4 Å². The first kappa shape index (κ1) is 21.2. The van der Waals surface area contributed by atoms with Crippen molar-refractivity contribution in [3.8, 4) is 11.3 Å². The number of aliphatic hydroxyl groups excluding tert-OH is 1. The summed E-state index contributed by atoms with van der Waals surface area (Å²) in [6.07, 6.45) is 16.1. The molecule has 0 amide bonds. The highest BCUT2D eigenvalue weighted by molar-refractivity contribution is 6.07. The molecule has 1 aliphatic carbocycles. The Morgan fingerprint density at radius 3 is 2.71 bits per heavy atom. The van der Waals surface area contributed by atoms with Crippen molar-refractivity contribution in [2.24, 2.45) is 0 Å². The predicted octanol–water partition coefficient (Wildman–Crippen LogP) is 3.84. The van der Waals surface area contributed by atoms with Crippen LogP contribution < -0.4 is 5.32 Å². The number of allylic oxidation sites excluding steroid dienone is 1. The summed E-state index contributed by atoms with van der Waals surface area (Å²) in [7, 11) is 0. The van der Waals surface area contributed by atoms with E-state index in [1.54, 1.807) is 10.7 Å². The number of aromatic nitrogens is 5. The van der Waals surface area contributed by atoms with Crippen LogP contribution >= 0.6 is 0 Å². The zero-order chi connectivity index (χ0) is 21.8. The molecule has 3 aromatic heterocycles.